The maximum Gasteiger partial charge on any atom is 0.170 e. The first-order valence-electron chi connectivity index (χ1n) is 5.58. The van der Waals surface area contributed by atoms with Crippen LogP contribution in [0.25, 0.3) is 0 Å². The quantitative estimate of drug-likeness (QED) is 0.275. The summed E-state index contributed by atoms with van der Waals surface area (Å²) in [6.45, 7) is 3.73. The molecule has 98 valence electrons. The van der Waals surface area contributed by atoms with E-state index in [1.807, 2.05) is 28.2 Å². The van der Waals surface area contributed by atoms with Crippen LogP contribution in [0, 0.1) is 0 Å². The van der Waals surface area contributed by atoms with Gasteiger partial charge in [-0.1, -0.05) is 0 Å². The fraction of sp³-hybridized carbons (Fsp3) is 1.00. The molecule has 0 radical (unpaired) electrons. The highest BCUT2D eigenvalue weighted by molar-refractivity contribution is 5.98. The largest absolute Gasteiger partial charge is 0.402 e. The second kappa shape index (κ2) is 10.2. The van der Waals surface area contributed by atoms with Crippen molar-refractivity contribution in [2.45, 2.75) is 6.29 Å². The lowest BCUT2D eigenvalue weighted by atomic mass is 10.6. The predicted molar refractivity (Wildman–Crippen MR) is 68.7 cm³/mol. The Morgan fingerprint density at radius 2 is 1.56 bits per heavy atom. The molecule has 6 heteroatoms. The average Bonchev–Trinajstić information content (AvgIpc) is 2.20. The average molecular weight is 250 g/mol. The van der Waals surface area contributed by atoms with Gasteiger partial charge in [0.25, 0.3) is 0 Å². The third-order valence-corrected chi connectivity index (χ3v) is 2.57. The molecule has 0 aromatic heterocycles. The minimum Gasteiger partial charge on any atom is -0.402 e. The van der Waals surface area contributed by atoms with Crippen LogP contribution in [0.1, 0.15) is 0 Å². The van der Waals surface area contributed by atoms with Crippen LogP contribution in [-0.2, 0) is 13.9 Å². The molecular formula is C10H26N2O3Si. The molecule has 0 amide bonds. The molecule has 0 rings (SSSR count). The van der Waals surface area contributed by atoms with Crippen LogP contribution in [0.5, 0.6) is 0 Å². The normalized spacial score (nSPS) is 13.9. The van der Waals surface area contributed by atoms with E-state index in [1.165, 1.54) is 0 Å². The Labute approximate surface area is 102 Å². The minimum absolute atomic E-state index is 0.200. The topological polar surface area (TPSA) is 34.2 Å². The summed E-state index contributed by atoms with van der Waals surface area (Å²) in [6, 6.07) is 0. The summed E-state index contributed by atoms with van der Waals surface area (Å²) in [5.41, 5.74) is 0. The van der Waals surface area contributed by atoms with Gasteiger partial charge in [0.05, 0.1) is 19.8 Å². The Balaban J connectivity index is 3.44. The minimum atomic E-state index is -0.200. The molecule has 0 bridgehead atoms. The molecule has 0 saturated heterocycles. The van der Waals surface area contributed by atoms with E-state index in [2.05, 4.69) is 9.80 Å². The molecule has 0 aliphatic carbocycles. The molecule has 0 heterocycles. The zero-order chi connectivity index (χ0) is 12.4. The third kappa shape index (κ3) is 10.5. The van der Waals surface area contributed by atoms with Crippen LogP contribution in [0.15, 0.2) is 0 Å². The highest BCUT2D eigenvalue weighted by Gasteiger charge is 2.07. The maximum absolute atomic E-state index is 5.54. The lowest BCUT2D eigenvalue weighted by Gasteiger charge is -2.19. The Morgan fingerprint density at radius 1 is 1.00 bits per heavy atom. The third-order valence-electron chi connectivity index (χ3n) is 2.04. The van der Waals surface area contributed by atoms with Crippen molar-refractivity contribution in [3.63, 3.8) is 0 Å². The van der Waals surface area contributed by atoms with Crippen molar-refractivity contribution >= 4 is 10.5 Å². The first-order valence-corrected chi connectivity index (χ1v) is 6.39. The van der Waals surface area contributed by atoms with Gasteiger partial charge >= 0.3 is 0 Å². The number of likely N-dealkylation sites (N-methyl/N-ethyl adjacent to an activating group) is 2. The van der Waals surface area contributed by atoms with Gasteiger partial charge in [0.2, 0.25) is 0 Å². The summed E-state index contributed by atoms with van der Waals surface area (Å²) in [7, 11) is 8.76. The number of rotatable bonds is 10. The van der Waals surface area contributed by atoms with Gasteiger partial charge in [-0.25, -0.2) is 0 Å². The van der Waals surface area contributed by atoms with Gasteiger partial charge < -0.3 is 23.7 Å². The molecule has 0 aromatic rings. The fourth-order valence-electron chi connectivity index (χ4n) is 0.978. The summed E-state index contributed by atoms with van der Waals surface area (Å²) >= 11 is 0. The lowest BCUT2D eigenvalue weighted by molar-refractivity contribution is -0.121. The van der Waals surface area contributed by atoms with Crippen LogP contribution in [0.3, 0.4) is 0 Å². The molecule has 5 nitrogen and oxygen atoms in total. The van der Waals surface area contributed by atoms with E-state index in [0.717, 1.165) is 13.1 Å². The van der Waals surface area contributed by atoms with Crippen molar-refractivity contribution in [2.75, 3.05) is 61.1 Å². The molecule has 0 spiro atoms. The Hall–Kier alpha value is 0.0169. The second-order valence-electron chi connectivity index (χ2n) is 4.22. The zero-order valence-electron chi connectivity index (χ0n) is 11.2. The van der Waals surface area contributed by atoms with Crippen molar-refractivity contribution < 1.29 is 13.9 Å². The number of ether oxygens (including phenoxy) is 2. The summed E-state index contributed by atoms with van der Waals surface area (Å²) < 4.78 is 16.3. The van der Waals surface area contributed by atoms with E-state index in [1.54, 1.807) is 0 Å². The molecule has 1 atom stereocenters. The number of hydrogen-bond acceptors (Lipinski definition) is 5. The molecule has 0 fully saturated rings. The first kappa shape index (κ1) is 16.0. The summed E-state index contributed by atoms with van der Waals surface area (Å²) in [5.74, 6) is 0. The lowest BCUT2D eigenvalue weighted by Crippen LogP contribution is -2.28. The van der Waals surface area contributed by atoms with Gasteiger partial charge in [0, 0.05) is 13.1 Å². The van der Waals surface area contributed by atoms with Crippen molar-refractivity contribution in [2.24, 2.45) is 0 Å². The van der Waals surface area contributed by atoms with E-state index in [0.29, 0.717) is 30.3 Å². The summed E-state index contributed by atoms with van der Waals surface area (Å²) in [4.78, 5) is 4.17. The van der Waals surface area contributed by atoms with E-state index in [9.17, 15) is 0 Å². The van der Waals surface area contributed by atoms with Crippen molar-refractivity contribution in [1.82, 2.24) is 9.80 Å². The van der Waals surface area contributed by atoms with Gasteiger partial charge in [0.15, 0.2) is 6.29 Å². The Bertz CT molecular complexity index is 159. The van der Waals surface area contributed by atoms with E-state index >= 15 is 0 Å². The SMILES string of the molecule is CN(C)CCOCC(O[SiH3])OCCN(C)C. The molecule has 0 aromatic carbocycles. The van der Waals surface area contributed by atoms with Gasteiger partial charge in [-0.3, -0.25) is 0 Å². The number of hydrogen-bond donors (Lipinski definition) is 0. The zero-order valence-corrected chi connectivity index (χ0v) is 13.2. The Morgan fingerprint density at radius 3 is 2.06 bits per heavy atom. The van der Waals surface area contributed by atoms with Crippen LogP contribution >= 0.6 is 0 Å². The highest BCUT2D eigenvalue weighted by atomic mass is 28.2. The second-order valence-corrected chi connectivity index (χ2v) is 4.69. The van der Waals surface area contributed by atoms with E-state index in [4.69, 9.17) is 13.9 Å². The molecule has 0 aliphatic heterocycles. The molecule has 0 aliphatic rings. The Kier molecular flexibility index (Phi) is 10.2. The number of nitrogens with zero attached hydrogens (tertiary/aromatic N) is 2. The molecule has 1 unspecified atom stereocenters. The van der Waals surface area contributed by atoms with Gasteiger partial charge in [-0.15, -0.1) is 0 Å². The van der Waals surface area contributed by atoms with Crippen LogP contribution in [-0.4, -0.2) is 87.7 Å². The van der Waals surface area contributed by atoms with Crippen molar-refractivity contribution in [3.05, 3.63) is 0 Å². The highest BCUT2D eigenvalue weighted by Crippen LogP contribution is 1.94. The van der Waals surface area contributed by atoms with E-state index < -0.39 is 0 Å². The standard InChI is InChI=1S/C10H26N2O3Si/c1-11(2)5-7-13-9-10(15-16)14-8-6-12(3)4/h10H,5-9H2,1-4,16H3. The van der Waals surface area contributed by atoms with Crippen LogP contribution in [0.2, 0.25) is 0 Å². The van der Waals surface area contributed by atoms with Gasteiger partial charge in [-0.05, 0) is 28.2 Å². The fourth-order valence-corrected chi connectivity index (χ4v) is 1.25. The smallest absolute Gasteiger partial charge is 0.170 e. The molecule has 0 saturated carbocycles. The van der Waals surface area contributed by atoms with Crippen LogP contribution < -0.4 is 0 Å². The summed E-state index contributed by atoms with van der Waals surface area (Å²) in [6.07, 6.45) is -0.200. The van der Waals surface area contributed by atoms with Crippen LogP contribution in [0.4, 0.5) is 0 Å². The van der Waals surface area contributed by atoms with E-state index in [-0.39, 0.29) is 6.29 Å². The van der Waals surface area contributed by atoms with Gasteiger partial charge in [0.1, 0.15) is 10.5 Å². The first-order chi connectivity index (χ1) is 7.56. The van der Waals surface area contributed by atoms with Gasteiger partial charge in [-0.2, -0.15) is 0 Å². The predicted octanol–water partition coefficient (Wildman–Crippen LogP) is -1.23. The van der Waals surface area contributed by atoms with Crippen molar-refractivity contribution in [1.29, 1.82) is 0 Å². The summed E-state index contributed by atoms with van der Waals surface area (Å²) in [5, 5.41) is 0. The monoisotopic (exact) mass is 250 g/mol. The maximum atomic E-state index is 5.54. The molecular weight excluding hydrogens is 224 g/mol. The molecule has 0 N–H and O–H groups in total. The molecule has 16 heavy (non-hydrogen) atoms. The van der Waals surface area contributed by atoms with Crippen molar-refractivity contribution in [3.8, 4) is 0 Å².